The highest BCUT2D eigenvalue weighted by Crippen LogP contribution is 2.36. The molecule has 1 aliphatic carbocycles. The number of carbonyl (C=O) groups is 1. The zero-order chi connectivity index (χ0) is 18.6. The largest absolute Gasteiger partial charge is 0.361 e. The smallest absolute Gasteiger partial charge is 0.137 e. The maximum absolute atomic E-state index is 12.0. The number of nitrogens with one attached hydrogen (secondary N) is 1. The molecule has 0 amide bonds. The fourth-order valence-electron chi connectivity index (χ4n) is 5.46. The number of nitrogens with zero attached hydrogens (tertiary/aromatic N) is 1. The van der Waals surface area contributed by atoms with E-state index in [9.17, 15) is 4.79 Å². The highest BCUT2D eigenvalue weighted by molar-refractivity contribution is 5.83. The van der Waals surface area contributed by atoms with Crippen LogP contribution in [-0.2, 0) is 4.79 Å². The molecule has 2 aliphatic rings. The molecule has 2 heterocycles. The van der Waals surface area contributed by atoms with Gasteiger partial charge in [0.05, 0.1) is 6.04 Å². The first-order valence-corrected chi connectivity index (χ1v) is 11.0. The van der Waals surface area contributed by atoms with Crippen molar-refractivity contribution < 1.29 is 4.79 Å². The summed E-state index contributed by atoms with van der Waals surface area (Å²) in [4.78, 5) is 17.9. The van der Waals surface area contributed by atoms with Crippen LogP contribution in [0, 0.1) is 11.8 Å². The number of fused-ring (bicyclic) bond motifs is 1. The molecule has 1 saturated heterocycles. The second kappa shape index (κ2) is 8.60. The van der Waals surface area contributed by atoms with Crippen LogP contribution in [0.2, 0.25) is 0 Å². The highest BCUT2D eigenvalue weighted by Gasteiger charge is 2.32. The number of piperidine rings is 1. The number of benzene rings is 1. The summed E-state index contributed by atoms with van der Waals surface area (Å²) in [5.41, 5.74) is 2.71. The van der Waals surface area contributed by atoms with Gasteiger partial charge < -0.3 is 9.78 Å². The number of aromatic amines is 1. The SMILES string of the molecule is CC1CCCCC(C(C=O)N2CCC(c3c[nH]c4ccccc34)CC2)CC1. The van der Waals surface area contributed by atoms with Crippen LogP contribution in [0.4, 0.5) is 0 Å². The van der Waals surface area contributed by atoms with Crippen molar-refractivity contribution in [2.75, 3.05) is 13.1 Å². The van der Waals surface area contributed by atoms with E-state index in [0.29, 0.717) is 11.8 Å². The van der Waals surface area contributed by atoms with Gasteiger partial charge in [-0.2, -0.15) is 0 Å². The summed E-state index contributed by atoms with van der Waals surface area (Å²) in [5.74, 6) is 2.00. The van der Waals surface area contributed by atoms with Crippen molar-refractivity contribution in [1.82, 2.24) is 9.88 Å². The summed E-state index contributed by atoms with van der Waals surface area (Å²) in [7, 11) is 0. The zero-order valence-electron chi connectivity index (χ0n) is 16.7. The minimum absolute atomic E-state index is 0.138. The maximum Gasteiger partial charge on any atom is 0.137 e. The Morgan fingerprint density at radius 2 is 1.81 bits per heavy atom. The predicted molar refractivity (Wildman–Crippen MR) is 112 cm³/mol. The Labute approximate surface area is 163 Å². The van der Waals surface area contributed by atoms with E-state index in [4.69, 9.17) is 0 Å². The van der Waals surface area contributed by atoms with E-state index < -0.39 is 0 Å². The highest BCUT2D eigenvalue weighted by atomic mass is 16.1. The Bertz CT molecular complexity index is 744. The third-order valence-corrected chi connectivity index (χ3v) is 7.19. The maximum atomic E-state index is 12.0. The van der Waals surface area contributed by atoms with Gasteiger partial charge in [0.15, 0.2) is 0 Å². The van der Waals surface area contributed by atoms with E-state index in [1.54, 1.807) is 0 Å². The summed E-state index contributed by atoms with van der Waals surface area (Å²) < 4.78 is 0. The summed E-state index contributed by atoms with van der Waals surface area (Å²) in [6, 6.07) is 8.76. The van der Waals surface area contributed by atoms with Crippen molar-refractivity contribution in [3.63, 3.8) is 0 Å². The molecule has 146 valence electrons. The lowest BCUT2D eigenvalue weighted by Gasteiger charge is -2.39. The summed E-state index contributed by atoms with van der Waals surface area (Å²) in [5, 5.41) is 1.37. The van der Waals surface area contributed by atoms with Gasteiger partial charge in [-0.25, -0.2) is 0 Å². The average Bonchev–Trinajstić information content (AvgIpc) is 3.12. The molecule has 3 nitrogen and oxygen atoms in total. The number of hydrogen-bond acceptors (Lipinski definition) is 2. The number of hydrogen-bond donors (Lipinski definition) is 1. The van der Waals surface area contributed by atoms with Crippen LogP contribution in [-0.4, -0.2) is 35.3 Å². The van der Waals surface area contributed by atoms with Crippen LogP contribution in [0.15, 0.2) is 30.5 Å². The first-order valence-electron chi connectivity index (χ1n) is 11.0. The number of H-pyrrole nitrogens is 1. The Kier molecular flexibility index (Phi) is 5.97. The van der Waals surface area contributed by atoms with Gasteiger partial charge in [0.25, 0.3) is 0 Å². The van der Waals surface area contributed by atoms with Crippen molar-refractivity contribution in [3.05, 3.63) is 36.0 Å². The Hall–Kier alpha value is -1.61. The first kappa shape index (κ1) is 18.7. The number of rotatable bonds is 4. The van der Waals surface area contributed by atoms with Crippen LogP contribution in [0.3, 0.4) is 0 Å². The minimum Gasteiger partial charge on any atom is -0.361 e. The van der Waals surface area contributed by atoms with Crippen molar-refractivity contribution in [1.29, 1.82) is 0 Å². The summed E-state index contributed by atoms with van der Waals surface area (Å²) in [6.45, 7) is 4.49. The molecule has 0 radical (unpaired) electrons. The second-order valence-electron chi connectivity index (χ2n) is 8.95. The molecule has 1 saturated carbocycles. The van der Waals surface area contributed by atoms with Gasteiger partial charge in [0, 0.05) is 17.1 Å². The van der Waals surface area contributed by atoms with Crippen molar-refractivity contribution in [3.8, 4) is 0 Å². The molecule has 4 rings (SSSR count). The van der Waals surface area contributed by atoms with E-state index in [1.807, 2.05) is 0 Å². The van der Waals surface area contributed by atoms with Crippen molar-refractivity contribution >= 4 is 17.2 Å². The topological polar surface area (TPSA) is 36.1 Å². The van der Waals surface area contributed by atoms with E-state index in [-0.39, 0.29) is 6.04 Å². The molecule has 3 atom stereocenters. The third kappa shape index (κ3) is 4.13. The van der Waals surface area contributed by atoms with E-state index >= 15 is 0 Å². The molecule has 1 aromatic carbocycles. The summed E-state index contributed by atoms with van der Waals surface area (Å²) >= 11 is 0. The number of aldehydes is 1. The number of aromatic nitrogens is 1. The minimum atomic E-state index is 0.138. The van der Waals surface area contributed by atoms with Gasteiger partial charge >= 0.3 is 0 Å². The molecule has 2 aromatic rings. The lowest BCUT2D eigenvalue weighted by atomic mass is 9.81. The van der Waals surface area contributed by atoms with Crippen molar-refractivity contribution in [2.45, 2.75) is 70.3 Å². The zero-order valence-corrected chi connectivity index (χ0v) is 16.7. The predicted octanol–water partition coefficient (Wildman–Crippen LogP) is 5.52. The summed E-state index contributed by atoms with van der Waals surface area (Å²) in [6.07, 6.45) is 13.6. The quantitative estimate of drug-likeness (QED) is 0.723. The molecule has 27 heavy (non-hydrogen) atoms. The third-order valence-electron chi connectivity index (χ3n) is 7.19. The molecule has 1 aromatic heterocycles. The van der Waals surface area contributed by atoms with Crippen LogP contribution < -0.4 is 0 Å². The fourth-order valence-corrected chi connectivity index (χ4v) is 5.46. The van der Waals surface area contributed by atoms with Crippen LogP contribution in [0.25, 0.3) is 10.9 Å². The first-order chi connectivity index (χ1) is 13.3. The van der Waals surface area contributed by atoms with Crippen molar-refractivity contribution in [2.24, 2.45) is 11.8 Å². The fraction of sp³-hybridized carbons (Fsp3) is 0.625. The lowest BCUT2D eigenvalue weighted by Crippen LogP contribution is -2.46. The Balaban J connectivity index is 1.40. The number of para-hydroxylation sites is 1. The monoisotopic (exact) mass is 366 g/mol. The Morgan fingerprint density at radius 1 is 1.04 bits per heavy atom. The van der Waals surface area contributed by atoms with Crippen LogP contribution >= 0.6 is 0 Å². The van der Waals surface area contributed by atoms with Gasteiger partial charge in [-0.15, -0.1) is 0 Å². The van der Waals surface area contributed by atoms with Gasteiger partial charge in [-0.3, -0.25) is 4.90 Å². The lowest BCUT2D eigenvalue weighted by molar-refractivity contribution is -0.115. The second-order valence-corrected chi connectivity index (χ2v) is 8.95. The van der Waals surface area contributed by atoms with E-state index in [1.165, 1.54) is 61.3 Å². The Morgan fingerprint density at radius 3 is 2.63 bits per heavy atom. The van der Waals surface area contributed by atoms with E-state index in [2.05, 4.69) is 47.3 Å². The van der Waals surface area contributed by atoms with Gasteiger partial charge in [0.2, 0.25) is 0 Å². The number of carbonyl (C=O) groups excluding carboxylic acids is 1. The van der Waals surface area contributed by atoms with Crippen LogP contribution in [0.5, 0.6) is 0 Å². The molecule has 3 heteroatoms. The molecule has 0 spiro atoms. The van der Waals surface area contributed by atoms with Gasteiger partial charge in [-0.1, -0.05) is 50.8 Å². The van der Waals surface area contributed by atoms with E-state index in [0.717, 1.165) is 31.8 Å². The molecule has 1 aliphatic heterocycles. The molecular formula is C24H34N2O. The number of likely N-dealkylation sites (tertiary alicyclic amines) is 1. The standard InChI is InChI=1S/C24H34N2O/c1-18-6-2-3-7-20(11-10-18)24(17-27)26-14-12-19(13-15-26)22-16-25-23-9-5-4-8-21(22)23/h4-5,8-9,16-20,24-25H,2-3,6-7,10-15H2,1H3. The molecule has 3 unspecified atom stereocenters. The van der Waals surface area contributed by atoms with Gasteiger partial charge in [-0.05, 0) is 68.2 Å². The van der Waals surface area contributed by atoms with Crippen LogP contribution in [0.1, 0.15) is 69.8 Å². The normalized spacial score (nSPS) is 27.1. The van der Waals surface area contributed by atoms with Gasteiger partial charge in [0.1, 0.15) is 6.29 Å². The average molecular weight is 367 g/mol. The molecular weight excluding hydrogens is 332 g/mol. The molecule has 2 fully saturated rings. The molecule has 1 N–H and O–H groups in total. The molecule has 0 bridgehead atoms.